The van der Waals surface area contributed by atoms with Crippen LogP contribution >= 0.6 is 0 Å². The van der Waals surface area contributed by atoms with E-state index in [1.807, 2.05) is 0 Å². The van der Waals surface area contributed by atoms with Gasteiger partial charge >= 0.3 is 5.97 Å². The largest absolute Gasteiger partial charge is 0.466 e. The van der Waals surface area contributed by atoms with Crippen molar-refractivity contribution in [1.29, 1.82) is 0 Å². The molecule has 1 fully saturated rings. The molecule has 4 heteroatoms. The molecule has 0 aliphatic heterocycles. The molecule has 19 heavy (non-hydrogen) atoms. The number of Topliss-reactive ketones (excluding diaryl/α,β-unsaturated/α-hetero) is 1. The highest BCUT2D eigenvalue weighted by Crippen LogP contribution is 2.22. The molecule has 1 aromatic carbocycles. The van der Waals surface area contributed by atoms with Gasteiger partial charge in [0.05, 0.1) is 12.5 Å². The Labute approximate surface area is 112 Å². The second-order valence-corrected chi connectivity index (χ2v) is 4.38. The summed E-state index contributed by atoms with van der Waals surface area (Å²) in [7, 11) is 0. The van der Waals surface area contributed by atoms with Gasteiger partial charge in [0.15, 0.2) is 0 Å². The highest BCUT2D eigenvalue weighted by atomic mass is 19.1. The number of halogens is 1. The van der Waals surface area contributed by atoms with Gasteiger partial charge in [0.2, 0.25) is 0 Å². The summed E-state index contributed by atoms with van der Waals surface area (Å²) in [5.74, 6) is -0.349. The van der Waals surface area contributed by atoms with Gasteiger partial charge in [-0.1, -0.05) is 18.2 Å². The molecule has 2 rings (SSSR count). The summed E-state index contributed by atoms with van der Waals surface area (Å²) in [4.78, 5) is 22.1. The third-order valence-corrected chi connectivity index (χ3v) is 2.84. The lowest BCUT2D eigenvalue weighted by atomic mass is 9.88. The first-order chi connectivity index (χ1) is 9.13. The topological polar surface area (TPSA) is 43.4 Å². The summed E-state index contributed by atoms with van der Waals surface area (Å²) < 4.78 is 16.7. The van der Waals surface area contributed by atoms with Gasteiger partial charge in [-0.25, -0.2) is 4.39 Å². The minimum absolute atomic E-state index is 0.161. The molecule has 1 aliphatic rings. The number of benzene rings is 1. The minimum atomic E-state index is -0.203. The third kappa shape index (κ3) is 6.13. The number of carbonyl (C=O) groups is 2. The van der Waals surface area contributed by atoms with Crippen LogP contribution in [0, 0.1) is 11.7 Å². The Morgan fingerprint density at radius 2 is 2.05 bits per heavy atom. The van der Waals surface area contributed by atoms with Crippen molar-refractivity contribution in [1.82, 2.24) is 0 Å². The molecule has 1 aromatic rings. The van der Waals surface area contributed by atoms with Crippen molar-refractivity contribution in [2.24, 2.45) is 5.92 Å². The fourth-order valence-electron chi connectivity index (χ4n) is 1.90. The van der Waals surface area contributed by atoms with E-state index in [1.54, 1.807) is 25.1 Å². The van der Waals surface area contributed by atoms with E-state index in [1.165, 1.54) is 12.1 Å². The van der Waals surface area contributed by atoms with Crippen LogP contribution in [0.5, 0.6) is 0 Å². The summed E-state index contributed by atoms with van der Waals surface area (Å²) in [5, 5.41) is 0. The average molecular weight is 266 g/mol. The van der Waals surface area contributed by atoms with E-state index in [0.717, 1.165) is 12.8 Å². The maximum absolute atomic E-state index is 11.9. The van der Waals surface area contributed by atoms with Crippen LogP contribution in [0.3, 0.4) is 0 Å². The summed E-state index contributed by atoms with van der Waals surface area (Å²) in [5.41, 5.74) is 0. The summed E-state index contributed by atoms with van der Waals surface area (Å²) >= 11 is 0. The van der Waals surface area contributed by atoms with Gasteiger partial charge in [0.25, 0.3) is 0 Å². The maximum Gasteiger partial charge on any atom is 0.309 e. The molecule has 0 bridgehead atoms. The van der Waals surface area contributed by atoms with Crippen LogP contribution in [0.2, 0.25) is 0 Å². The zero-order chi connectivity index (χ0) is 14.1. The summed E-state index contributed by atoms with van der Waals surface area (Å²) in [6.07, 6.45) is 2.67. The van der Waals surface area contributed by atoms with E-state index in [2.05, 4.69) is 0 Å². The minimum Gasteiger partial charge on any atom is -0.466 e. The van der Waals surface area contributed by atoms with Gasteiger partial charge in [0.1, 0.15) is 11.6 Å². The number of hydrogen-bond acceptors (Lipinski definition) is 3. The van der Waals surface area contributed by atoms with Gasteiger partial charge in [-0.05, 0) is 31.9 Å². The molecule has 0 spiro atoms. The van der Waals surface area contributed by atoms with Crippen LogP contribution < -0.4 is 0 Å². The molecule has 0 N–H and O–H groups in total. The second kappa shape index (κ2) is 8.40. The zero-order valence-corrected chi connectivity index (χ0v) is 11.1. The van der Waals surface area contributed by atoms with E-state index < -0.39 is 0 Å². The molecule has 0 amide bonds. The van der Waals surface area contributed by atoms with Gasteiger partial charge in [-0.15, -0.1) is 0 Å². The molecular formula is C15H19FO3. The standard InChI is InChI=1S/C9H14O3.C6H5F/c1-2-12-9(11)7-4-3-5-8(10)6-7;7-6-4-2-1-3-5-6/h7H,2-6H2,1H3;1-5H. The third-order valence-electron chi connectivity index (χ3n) is 2.84. The van der Waals surface area contributed by atoms with Gasteiger partial charge in [0, 0.05) is 12.8 Å². The molecule has 0 heterocycles. The smallest absolute Gasteiger partial charge is 0.309 e. The molecule has 1 unspecified atom stereocenters. The lowest BCUT2D eigenvalue weighted by Crippen LogP contribution is -2.24. The van der Waals surface area contributed by atoms with Crippen LogP contribution in [-0.4, -0.2) is 18.4 Å². The predicted molar refractivity (Wildman–Crippen MR) is 70.0 cm³/mol. The molecule has 104 valence electrons. The average Bonchev–Trinajstić information content (AvgIpc) is 2.40. The Hall–Kier alpha value is -1.71. The second-order valence-electron chi connectivity index (χ2n) is 4.38. The van der Waals surface area contributed by atoms with Crippen molar-refractivity contribution in [2.75, 3.05) is 6.61 Å². The van der Waals surface area contributed by atoms with Crippen molar-refractivity contribution >= 4 is 11.8 Å². The van der Waals surface area contributed by atoms with E-state index in [-0.39, 0.29) is 23.5 Å². The highest BCUT2D eigenvalue weighted by Gasteiger charge is 2.26. The summed E-state index contributed by atoms with van der Waals surface area (Å²) in [6.45, 7) is 2.19. The SMILES string of the molecule is CCOC(=O)C1CCCC(=O)C1.Fc1ccccc1. The van der Waals surface area contributed by atoms with Crippen LogP contribution in [0.1, 0.15) is 32.6 Å². The highest BCUT2D eigenvalue weighted by molar-refractivity contribution is 5.85. The summed E-state index contributed by atoms with van der Waals surface area (Å²) in [6, 6.07) is 7.94. The molecule has 0 aromatic heterocycles. The maximum atomic E-state index is 11.9. The molecular weight excluding hydrogens is 247 g/mol. The van der Waals surface area contributed by atoms with Crippen molar-refractivity contribution in [2.45, 2.75) is 32.6 Å². The fraction of sp³-hybridized carbons (Fsp3) is 0.467. The number of hydrogen-bond donors (Lipinski definition) is 0. The van der Waals surface area contributed by atoms with Gasteiger partial charge in [-0.2, -0.15) is 0 Å². The van der Waals surface area contributed by atoms with E-state index in [9.17, 15) is 14.0 Å². The molecule has 1 aliphatic carbocycles. The van der Waals surface area contributed by atoms with Crippen molar-refractivity contribution in [3.8, 4) is 0 Å². The van der Waals surface area contributed by atoms with Crippen molar-refractivity contribution in [3.63, 3.8) is 0 Å². The lowest BCUT2D eigenvalue weighted by Gasteiger charge is -2.18. The first kappa shape index (κ1) is 15.3. The molecule has 0 radical (unpaired) electrons. The Morgan fingerprint density at radius 1 is 1.37 bits per heavy atom. The quantitative estimate of drug-likeness (QED) is 0.772. The molecule has 3 nitrogen and oxygen atoms in total. The Balaban J connectivity index is 0.000000218. The number of ether oxygens (including phenoxy) is 1. The first-order valence-electron chi connectivity index (χ1n) is 6.52. The van der Waals surface area contributed by atoms with Crippen LogP contribution in [0.25, 0.3) is 0 Å². The molecule has 0 saturated heterocycles. The Bertz CT molecular complexity index is 403. The first-order valence-corrected chi connectivity index (χ1v) is 6.52. The van der Waals surface area contributed by atoms with E-state index >= 15 is 0 Å². The molecule has 1 saturated carbocycles. The van der Waals surface area contributed by atoms with E-state index in [4.69, 9.17) is 4.74 Å². The number of rotatable bonds is 2. The van der Waals surface area contributed by atoms with Gasteiger partial charge in [-0.3, -0.25) is 9.59 Å². The predicted octanol–water partition coefficient (Wildman–Crippen LogP) is 3.13. The normalized spacial score (nSPS) is 18.2. The van der Waals surface area contributed by atoms with Gasteiger partial charge < -0.3 is 4.74 Å². The van der Waals surface area contributed by atoms with Crippen LogP contribution in [-0.2, 0) is 14.3 Å². The van der Waals surface area contributed by atoms with Crippen molar-refractivity contribution in [3.05, 3.63) is 36.1 Å². The Morgan fingerprint density at radius 3 is 2.53 bits per heavy atom. The fourth-order valence-corrected chi connectivity index (χ4v) is 1.90. The number of carbonyl (C=O) groups excluding carboxylic acids is 2. The van der Waals surface area contributed by atoms with E-state index in [0.29, 0.717) is 19.4 Å². The number of ketones is 1. The van der Waals surface area contributed by atoms with Crippen LogP contribution in [0.15, 0.2) is 30.3 Å². The monoisotopic (exact) mass is 266 g/mol. The molecule has 1 atom stereocenters. The number of esters is 1. The van der Waals surface area contributed by atoms with Crippen molar-refractivity contribution < 1.29 is 18.7 Å². The Kier molecular flexibility index (Phi) is 6.79. The zero-order valence-electron chi connectivity index (χ0n) is 11.1. The van der Waals surface area contributed by atoms with Crippen LogP contribution in [0.4, 0.5) is 4.39 Å². The lowest BCUT2D eigenvalue weighted by molar-refractivity contribution is -0.150.